The Morgan fingerprint density at radius 3 is 1.89 bits per heavy atom. The number of ether oxygens (including phenoxy) is 1. The summed E-state index contributed by atoms with van der Waals surface area (Å²) in [5, 5.41) is 0. The van der Waals surface area contributed by atoms with E-state index in [0.29, 0.717) is 24.8 Å². The van der Waals surface area contributed by atoms with Crippen molar-refractivity contribution in [2.24, 2.45) is 0 Å². The highest BCUT2D eigenvalue weighted by Gasteiger charge is 2.23. The summed E-state index contributed by atoms with van der Waals surface area (Å²) in [4.78, 5) is 0. The standard InChI is InChI=1S/C28H24F6O/c1-3-16-7-12-21(27(33)24(16)30)22-13-8-18(25(31)28(22)34)14-35-19-9-5-17(6-10-19)20-11-4-15(2)23(29)26(20)32/h4-5,7-8,11-13,19H,3,6,9-10,14H2,1-2H3. The minimum absolute atomic E-state index is 0.0567. The van der Waals surface area contributed by atoms with Gasteiger partial charge in [-0.2, -0.15) is 0 Å². The number of hydrogen-bond donors (Lipinski definition) is 0. The normalized spacial score (nSPS) is 15.9. The topological polar surface area (TPSA) is 9.23 Å². The van der Waals surface area contributed by atoms with Gasteiger partial charge in [0, 0.05) is 22.3 Å². The summed E-state index contributed by atoms with van der Waals surface area (Å²) in [6.45, 7) is 2.93. The molecule has 0 saturated carbocycles. The van der Waals surface area contributed by atoms with Crippen LogP contribution >= 0.6 is 0 Å². The van der Waals surface area contributed by atoms with Gasteiger partial charge >= 0.3 is 0 Å². The van der Waals surface area contributed by atoms with Crippen molar-refractivity contribution in [3.05, 3.63) is 99.6 Å². The van der Waals surface area contributed by atoms with E-state index in [4.69, 9.17) is 4.74 Å². The molecule has 0 N–H and O–H groups in total. The van der Waals surface area contributed by atoms with Crippen molar-refractivity contribution in [1.82, 2.24) is 0 Å². The SMILES string of the molecule is CCc1ccc(-c2ccc(COC3CC=C(c4ccc(C)c(F)c4F)CC3)c(F)c2F)c(F)c1F. The highest BCUT2D eigenvalue weighted by atomic mass is 19.2. The molecule has 0 amide bonds. The Bertz CT molecular complexity index is 1300. The molecule has 1 aliphatic rings. The first-order valence-electron chi connectivity index (χ1n) is 11.4. The maximum atomic E-state index is 14.8. The maximum Gasteiger partial charge on any atom is 0.167 e. The zero-order valence-corrected chi connectivity index (χ0v) is 19.3. The number of halogens is 6. The molecule has 3 aromatic carbocycles. The number of rotatable bonds is 6. The molecule has 1 unspecified atom stereocenters. The first-order valence-corrected chi connectivity index (χ1v) is 11.4. The van der Waals surface area contributed by atoms with E-state index in [2.05, 4.69) is 0 Å². The van der Waals surface area contributed by atoms with Gasteiger partial charge in [-0.1, -0.05) is 49.4 Å². The molecule has 0 aromatic heterocycles. The van der Waals surface area contributed by atoms with Crippen molar-refractivity contribution in [1.29, 1.82) is 0 Å². The molecule has 3 aromatic rings. The van der Waals surface area contributed by atoms with Crippen LogP contribution in [0.4, 0.5) is 26.3 Å². The lowest BCUT2D eigenvalue weighted by atomic mass is 9.91. The van der Waals surface area contributed by atoms with Gasteiger partial charge in [0.1, 0.15) is 0 Å². The predicted octanol–water partition coefficient (Wildman–Crippen LogP) is 8.21. The van der Waals surface area contributed by atoms with Crippen LogP contribution in [-0.4, -0.2) is 6.10 Å². The quantitative estimate of drug-likeness (QED) is 0.317. The first kappa shape index (κ1) is 25.0. The van der Waals surface area contributed by atoms with E-state index in [-0.39, 0.29) is 52.5 Å². The van der Waals surface area contributed by atoms with Crippen LogP contribution in [-0.2, 0) is 17.8 Å². The highest BCUT2D eigenvalue weighted by molar-refractivity contribution is 5.67. The minimum atomic E-state index is -1.28. The summed E-state index contributed by atoms with van der Waals surface area (Å²) in [6, 6.07) is 8.15. The minimum Gasteiger partial charge on any atom is -0.373 e. The molecule has 0 radical (unpaired) electrons. The number of aryl methyl sites for hydroxylation is 2. The molecule has 0 bridgehead atoms. The summed E-state index contributed by atoms with van der Waals surface area (Å²) < 4.78 is 91.9. The molecule has 0 fully saturated rings. The first-order chi connectivity index (χ1) is 16.7. The molecular weight excluding hydrogens is 466 g/mol. The molecular formula is C28H24F6O. The molecule has 0 spiro atoms. The molecule has 4 rings (SSSR count). The molecule has 184 valence electrons. The van der Waals surface area contributed by atoms with Crippen LogP contribution < -0.4 is 0 Å². The number of hydrogen-bond acceptors (Lipinski definition) is 1. The van der Waals surface area contributed by atoms with E-state index in [1.807, 2.05) is 0 Å². The van der Waals surface area contributed by atoms with Gasteiger partial charge < -0.3 is 4.74 Å². The second kappa shape index (κ2) is 10.3. The van der Waals surface area contributed by atoms with E-state index in [0.717, 1.165) is 0 Å². The summed E-state index contributed by atoms with van der Waals surface area (Å²) in [5.74, 6) is -6.51. The third-order valence-corrected chi connectivity index (χ3v) is 6.45. The molecule has 1 aliphatic carbocycles. The van der Waals surface area contributed by atoms with Gasteiger partial charge in [-0.3, -0.25) is 0 Å². The smallest absolute Gasteiger partial charge is 0.167 e. The van der Waals surface area contributed by atoms with Crippen molar-refractivity contribution in [2.45, 2.75) is 52.2 Å². The Labute approximate surface area is 200 Å². The van der Waals surface area contributed by atoms with Crippen molar-refractivity contribution < 1.29 is 31.1 Å². The van der Waals surface area contributed by atoms with Gasteiger partial charge in [-0.15, -0.1) is 0 Å². The fourth-order valence-electron chi connectivity index (χ4n) is 4.29. The fraction of sp³-hybridized carbons (Fsp3) is 0.286. The molecule has 0 heterocycles. The Morgan fingerprint density at radius 1 is 0.714 bits per heavy atom. The third kappa shape index (κ3) is 4.87. The van der Waals surface area contributed by atoms with Crippen LogP contribution in [0, 0.1) is 41.8 Å². The van der Waals surface area contributed by atoms with E-state index < -0.39 is 34.9 Å². The van der Waals surface area contributed by atoms with Crippen LogP contribution in [0.3, 0.4) is 0 Å². The average Bonchev–Trinajstić information content (AvgIpc) is 2.86. The van der Waals surface area contributed by atoms with Crippen LogP contribution in [0.25, 0.3) is 16.7 Å². The lowest BCUT2D eigenvalue weighted by Gasteiger charge is -2.23. The largest absolute Gasteiger partial charge is 0.373 e. The molecule has 1 atom stereocenters. The lowest BCUT2D eigenvalue weighted by molar-refractivity contribution is 0.0342. The van der Waals surface area contributed by atoms with Crippen LogP contribution in [0.2, 0.25) is 0 Å². The molecule has 0 saturated heterocycles. The van der Waals surface area contributed by atoms with Gasteiger partial charge in [0.05, 0.1) is 12.7 Å². The second-order valence-electron chi connectivity index (χ2n) is 8.65. The molecule has 7 heteroatoms. The Balaban J connectivity index is 1.46. The average molecular weight is 490 g/mol. The van der Waals surface area contributed by atoms with Crippen molar-refractivity contribution in [2.75, 3.05) is 0 Å². The molecule has 35 heavy (non-hydrogen) atoms. The van der Waals surface area contributed by atoms with Gasteiger partial charge in [0.2, 0.25) is 0 Å². The number of allylic oxidation sites excluding steroid dienone is 1. The van der Waals surface area contributed by atoms with Crippen LogP contribution in [0.15, 0.2) is 42.5 Å². The summed E-state index contributed by atoms with van der Waals surface area (Å²) >= 11 is 0. The summed E-state index contributed by atoms with van der Waals surface area (Å²) in [6.07, 6.45) is 3.06. The zero-order valence-electron chi connectivity index (χ0n) is 19.3. The third-order valence-electron chi connectivity index (χ3n) is 6.45. The zero-order chi connectivity index (χ0) is 25.3. The lowest BCUT2D eigenvalue weighted by Crippen LogP contribution is -2.16. The van der Waals surface area contributed by atoms with E-state index in [1.54, 1.807) is 19.1 Å². The van der Waals surface area contributed by atoms with E-state index >= 15 is 0 Å². The predicted molar refractivity (Wildman–Crippen MR) is 123 cm³/mol. The monoisotopic (exact) mass is 490 g/mol. The van der Waals surface area contributed by atoms with Crippen molar-refractivity contribution in [3.63, 3.8) is 0 Å². The fourth-order valence-corrected chi connectivity index (χ4v) is 4.29. The second-order valence-corrected chi connectivity index (χ2v) is 8.65. The van der Waals surface area contributed by atoms with Gasteiger partial charge in [0.15, 0.2) is 34.9 Å². The van der Waals surface area contributed by atoms with Crippen molar-refractivity contribution in [3.8, 4) is 11.1 Å². The van der Waals surface area contributed by atoms with Gasteiger partial charge in [0.25, 0.3) is 0 Å². The van der Waals surface area contributed by atoms with Crippen LogP contribution in [0.1, 0.15) is 48.4 Å². The van der Waals surface area contributed by atoms with Crippen LogP contribution in [0.5, 0.6) is 0 Å². The summed E-state index contributed by atoms with van der Waals surface area (Å²) in [5.41, 5.74) is 0.485. The number of benzene rings is 3. The van der Waals surface area contributed by atoms with E-state index in [1.165, 1.54) is 37.3 Å². The Kier molecular flexibility index (Phi) is 7.36. The Morgan fingerprint density at radius 2 is 1.29 bits per heavy atom. The van der Waals surface area contributed by atoms with Gasteiger partial charge in [-0.25, -0.2) is 26.3 Å². The van der Waals surface area contributed by atoms with Gasteiger partial charge in [-0.05, 0) is 49.3 Å². The Hall–Kier alpha value is -3.06. The summed E-state index contributed by atoms with van der Waals surface area (Å²) in [7, 11) is 0. The molecule has 1 nitrogen and oxygen atoms in total. The maximum absolute atomic E-state index is 14.8. The van der Waals surface area contributed by atoms with E-state index in [9.17, 15) is 26.3 Å². The van der Waals surface area contributed by atoms with Crippen molar-refractivity contribution >= 4 is 5.57 Å². The molecule has 0 aliphatic heterocycles. The highest BCUT2D eigenvalue weighted by Crippen LogP contribution is 2.33.